The molecule has 3 N–H and O–H groups in total. The average molecular weight is 277 g/mol. The van der Waals surface area contributed by atoms with Crippen LogP contribution in [0, 0.1) is 0 Å². The van der Waals surface area contributed by atoms with Gasteiger partial charge in [0.15, 0.2) is 0 Å². The normalized spacial score (nSPS) is 16.1. The average Bonchev–Trinajstić information content (AvgIpc) is 2.38. The van der Waals surface area contributed by atoms with Gasteiger partial charge in [0.25, 0.3) is 5.56 Å². The summed E-state index contributed by atoms with van der Waals surface area (Å²) in [7, 11) is 0. The van der Waals surface area contributed by atoms with Gasteiger partial charge in [-0.05, 0) is 39.0 Å². The number of aliphatic imine (C=N–C) groups is 1. The molecule has 0 amide bonds. The number of allylic oxidation sites excluding steroid dienone is 1. The molecule has 1 aliphatic carbocycles. The fourth-order valence-electron chi connectivity index (χ4n) is 2.39. The van der Waals surface area contributed by atoms with Gasteiger partial charge in [-0.3, -0.25) is 19.8 Å². The molecule has 0 unspecified atom stereocenters. The number of hydrogen-bond donors (Lipinski definition) is 3. The molecule has 0 aromatic carbocycles. The molecule has 6 nitrogen and oxygen atoms in total. The van der Waals surface area contributed by atoms with E-state index in [2.05, 4.69) is 21.0 Å². The van der Waals surface area contributed by atoms with E-state index in [-0.39, 0.29) is 5.56 Å². The van der Waals surface area contributed by atoms with Crippen molar-refractivity contribution in [3.8, 4) is 5.88 Å². The van der Waals surface area contributed by atoms with Crippen molar-refractivity contribution in [2.45, 2.75) is 39.0 Å². The molecule has 1 aromatic heterocycles. The van der Waals surface area contributed by atoms with Crippen LogP contribution in [0.4, 0.5) is 0 Å². The van der Waals surface area contributed by atoms with Crippen LogP contribution in [0.2, 0.25) is 0 Å². The first-order valence-corrected chi connectivity index (χ1v) is 6.83. The molecule has 0 saturated heterocycles. The fraction of sp³-hybridized carbons (Fsp3) is 0.500. The Morgan fingerprint density at radius 2 is 2.15 bits per heavy atom. The van der Waals surface area contributed by atoms with E-state index in [4.69, 9.17) is 0 Å². The third-order valence-corrected chi connectivity index (χ3v) is 3.45. The summed E-state index contributed by atoms with van der Waals surface area (Å²) in [5.41, 5.74) is 0.520. The summed E-state index contributed by atoms with van der Waals surface area (Å²) in [6, 6.07) is 0. The summed E-state index contributed by atoms with van der Waals surface area (Å²) in [5.74, 6) is -0.433. The van der Waals surface area contributed by atoms with Gasteiger partial charge in [0.05, 0.1) is 0 Å². The highest BCUT2D eigenvalue weighted by Crippen LogP contribution is 2.20. The Labute approximate surface area is 116 Å². The van der Waals surface area contributed by atoms with Crippen molar-refractivity contribution in [2.24, 2.45) is 4.99 Å². The molecule has 1 heterocycles. The van der Waals surface area contributed by atoms with E-state index < -0.39 is 17.1 Å². The lowest BCUT2D eigenvalue weighted by Crippen LogP contribution is -2.27. The van der Waals surface area contributed by atoms with Gasteiger partial charge in [-0.1, -0.05) is 11.6 Å². The minimum atomic E-state index is -0.726. The molecule has 0 spiro atoms. The Morgan fingerprint density at radius 1 is 1.35 bits per heavy atom. The van der Waals surface area contributed by atoms with Crippen LogP contribution in [-0.2, 0) is 0 Å². The van der Waals surface area contributed by atoms with E-state index in [0.29, 0.717) is 12.3 Å². The molecule has 1 aromatic rings. The molecule has 0 aliphatic heterocycles. The lowest BCUT2D eigenvalue weighted by molar-refractivity contribution is 0.447. The fourth-order valence-corrected chi connectivity index (χ4v) is 2.39. The summed E-state index contributed by atoms with van der Waals surface area (Å²) < 4.78 is 0. The molecule has 0 atom stereocenters. The third-order valence-electron chi connectivity index (χ3n) is 3.45. The Bertz CT molecular complexity index is 652. The highest BCUT2D eigenvalue weighted by molar-refractivity contribution is 6.00. The third kappa shape index (κ3) is 3.46. The van der Waals surface area contributed by atoms with Crippen LogP contribution in [0.3, 0.4) is 0 Å². The number of aromatic amines is 2. The van der Waals surface area contributed by atoms with Gasteiger partial charge in [0, 0.05) is 12.3 Å². The van der Waals surface area contributed by atoms with Crippen LogP contribution in [0.15, 0.2) is 26.2 Å². The first-order valence-electron chi connectivity index (χ1n) is 6.83. The SMILES string of the molecule is CC(=NCCC1=CCCCC1)c1c(O)[nH]c(=O)[nH]c1=O. The monoisotopic (exact) mass is 277 g/mol. The largest absolute Gasteiger partial charge is 0.494 e. The van der Waals surface area contributed by atoms with Gasteiger partial charge in [0.1, 0.15) is 5.56 Å². The van der Waals surface area contributed by atoms with Crippen LogP contribution in [0.25, 0.3) is 0 Å². The molecule has 0 bridgehead atoms. The highest BCUT2D eigenvalue weighted by atomic mass is 16.3. The zero-order valence-corrected chi connectivity index (χ0v) is 11.5. The van der Waals surface area contributed by atoms with E-state index in [9.17, 15) is 14.7 Å². The summed E-state index contributed by atoms with van der Waals surface area (Å²) >= 11 is 0. The van der Waals surface area contributed by atoms with Crippen LogP contribution in [-0.4, -0.2) is 27.3 Å². The minimum absolute atomic E-state index is 0.0298. The predicted octanol–water partition coefficient (Wildman–Crippen LogP) is 1.47. The van der Waals surface area contributed by atoms with Gasteiger partial charge < -0.3 is 5.11 Å². The molecule has 0 fully saturated rings. The van der Waals surface area contributed by atoms with Crippen molar-refractivity contribution in [3.63, 3.8) is 0 Å². The van der Waals surface area contributed by atoms with Gasteiger partial charge in [-0.25, -0.2) is 4.79 Å². The van der Waals surface area contributed by atoms with Gasteiger partial charge >= 0.3 is 5.69 Å². The van der Waals surface area contributed by atoms with Gasteiger partial charge in [-0.2, -0.15) is 0 Å². The standard InChI is InChI=1S/C14H19N3O3/c1-9(11-12(18)16-14(20)17-13(11)19)15-8-7-10-5-3-2-4-6-10/h5H,2-4,6-8H2,1H3,(H3,16,17,18,19,20). The topological polar surface area (TPSA) is 98.3 Å². The summed E-state index contributed by atoms with van der Waals surface area (Å²) in [4.78, 5) is 31.2. The van der Waals surface area contributed by atoms with Gasteiger partial charge in [-0.15, -0.1) is 0 Å². The van der Waals surface area contributed by atoms with E-state index in [1.54, 1.807) is 6.92 Å². The summed E-state index contributed by atoms with van der Waals surface area (Å²) in [6.07, 6.45) is 7.89. The first kappa shape index (κ1) is 14.3. The number of nitrogens with zero attached hydrogens (tertiary/aromatic N) is 1. The number of hydrogen-bond acceptors (Lipinski definition) is 4. The number of rotatable bonds is 4. The lowest BCUT2D eigenvalue weighted by Gasteiger charge is -2.11. The molecule has 0 saturated carbocycles. The van der Waals surface area contributed by atoms with E-state index in [0.717, 1.165) is 19.3 Å². The molecule has 2 rings (SSSR count). The maximum Gasteiger partial charge on any atom is 0.328 e. The van der Waals surface area contributed by atoms with Crippen molar-refractivity contribution >= 4 is 5.71 Å². The molecular weight excluding hydrogens is 258 g/mol. The zero-order chi connectivity index (χ0) is 14.5. The van der Waals surface area contributed by atoms with E-state index in [1.807, 2.05) is 0 Å². The number of aromatic nitrogens is 2. The van der Waals surface area contributed by atoms with Crippen molar-refractivity contribution in [2.75, 3.05) is 6.54 Å². The van der Waals surface area contributed by atoms with Gasteiger partial charge in [0.2, 0.25) is 5.88 Å². The minimum Gasteiger partial charge on any atom is -0.494 e. The maximum atomic E-state index is 11.6. The quantitative estimate of drug-likeness (QED) is 0.574. The summed E-state index contributed by atoms with van der Waals surface area (Å²) in [5, 5.41) is 9.62. The second-order valence-electron chi connectivity index (χ2n) is 4.96. The molecule has 108 valence electrons. The second kappa shape index (κ2) is 6.36. The van der Waals surface area contributed by atoms with Crippen molar-refractivity contribution in [1.82, 2.24) is 9.97 Å². The van der Waals surface area contributed by atoms with Crippen LogP contribution < -0.4 is 11.2 Å². The maximum absolute atomic E-state index is 11.6. The number of nitrogens with one attached hydrogen (secondary N) is 2. The van der Waals surface area contributed by atoms with E-state index >= 15 is 0 Å². The van der Waals surface area contributed by atoms with Crippen molar-refractivity contribution < 1.29 is 5.11 Å². The number of aromatic hydroxyl groups is 1. The highest BCUT2D eigenvalue weighted by Gasteiger charge is 2.11. The molecule has 1 aliphatic rings. The van der Waals surface area contributed by atoms with Crippen LogP contribution >= 0.6 is 0 Å². The Balaban J connectivity index is 2.09. The Kier molecular flexibility index (Phi) is 4.55. The second-order valence-corrected chi connectivity index (χ2v) is 4.96. The molecular formula is C14H19N3O3. The Morgan fingerprint density at radius 3 is 2.80 bits per heavy atom. The Hall–Kier alpha value is -2.11. The van der Waals surface area contributed by atoms with Crippen LogP contribution in [0.1, 0.15) is 44.6 Å². The zero-order valence-electron chi connectivity index (χ0n) is 11.5. The first-order chi connectivity index (χ1) is 9.58. The lowest BCUT2D eigenvalue weighted by atomic mass is 9.97. The smallest absolute Gasteiger partial charge is 0.328 e. The van der Waals surface area contributed by atoms with Crippen LogP contribution in [0.5, 0.6) is 5.88 Å². The molecule has 20 heavy (non-hydrogen) atoms. The van der Waals surface area contributed by atoms with E-state index in [1.165, 1.54) is 18.4 Å². The van der Waals surface area contributed by atoms with Crippen molar-refractivity contribution in [1.29, 1.82) is 0 Å². The number of H-pyrrole nitrogens is 2. The van der Waals surface area contributed by atoms with Crippen molar-refractivity contribution in [3.05, 3.63) is 38.1 Å². The molecule has 6 heteroatoms. The summed E-state index contributed by atoms with van der Waals surface area (Å²) in [6.45, 7) is 2.23. The predicted molar refractivity (Wildman–Crippen MR) is 77.6 cm³/mol. The molecule has 0 radical (unpaired) electrons.